The van der Waals surface area contributed by atoms with Gasteiger partial charge in [0, 0.05) is 38.0 Å². The molecular weight excluding hydrogens is 374 g/mol. The fraction of sp³-hybridized carbons (Fsp3) is 0.182. The summed E-state index contributed by atoms with van der Waals surface area (Å²) in [4.78, 5) is 8.42. The molecule has 0 aliphatic heterocycles. The summed E-state index contributed by atoms with van der Waals surface area (Å²) in [6.45, 7) is 1.01. The number of guanidine groups is 1. The summed E-state index contributed by atoms with van der Waals surface area (Å²) in [5, 5.41) is 6.38. The molecule has 0 saturated heterocycles. The van der Waals surface area contributed by atoms with Crippen LogP contribution in [0.25, 0.3) is 0 Å². The first-order valence-electron chi connectivity index (χ1n) is 9.20. The number of halogens is 2. The van der Waals surface area contributed by atoms with Gasteiger partial charge in [0.25, 0.3) is 0 Å². The van der Waals surface area contributed by atoms with Gasteiger partial charge in [0.1, 0.15) is 17.4 Å². The number of hydrogen-bond donors (Lipinski definition) is 2. The van der Waals surface area contributed by atoms with Crippen molar-refractivity contribution in [3.63, 3.8) is 0 Å². The van der Waals surface area contributed by atoms with Crippen LogP contribution < -0.4 is 15.4 Å². The average molecular weight is 396 g/mol. The lowest BCUT2D eigenvalue weighted by atomic mass is 10.1. The number of hydrogen-bond acceptors (Lipinski definition) is 3. The summed E-state index contributed by atoms with van der Waals surface area (Å²) in [6.07, 6.45) is 2.28. The van der Waals surface area contributed by atoms with Crippen molar-refractivity contribution in [2.24, 2.45) is 4.99 Å². The summed E-state index contributed by atoms with van der Waals surface area (Å²) in [7, 11) is 1.67. The van der Waals surface area contributed by atoms with Crippen molar-refractivity contribution >= 4 is 5.96 Å². The van der Waals surface area contributed by atoms with Crippen LogP contribution in [0, 0.1) is 11.6 Å². The van der Waals surface area contributed by atoms with Crippen LogP contribution in [0.15, 0.2) is 71.9 Å². The number of aliphatic imine (C=N–C) groups is 1. The van der Waals surface area contributed by atoms with Gasteiger partial charge in [-0.1, -0.05) is 24.3 Å². The molecule has 1 aromatic heterocycles. The van der Waals surface area contributed by atoms with E-state index in [2.05, 4.69) is 20.6 Å². The van der Waals surface area contributed by atoms with Gasteiger partial charge < -0.3 is 15.4 Å². The second kappa shape index (κ2) is 10.2. The molecule has 2 N–H and O–H groups in total. The lowest BCUT2D eigenvalue weighted by Crippen LogP contribution is -2.37. The average Bonchev–Trinajstić information content (AvgIpc) is 2.71. The standard InChI is InChI=1S/C22H22F2N4O/c1-25-22(27-12-10-16-5-2-7-18(23)13-16)28-15-17-6-4-11-26-21(17)29-20-9-3-8-19(24)14-20/h2-9,11,13-14H,10,12,15H2,1H3,(H2,25,27,28). The van der Waals surface area contributed by atoms with Crippen molar-refractivity contribution in [3.05, 3.63) is 89.6 Å². The highest BCUT2D eigenvalue weighted by Crippen LogP contribution is 2.23. The summed E-state index contributed by atoms with van der Waals surface area (Å²) < 4.78 is 32.3. The number of rotatable bonds is 7. The van der Waals surface area contributed by atoms with Crippen molar-refractivity contribution in [1.82, 2.24) is 15.6 Å². The molecule has 150 valence electrons. The van der Waals surface area contributed by atoms with E-state index in [9.17, 15) is 8.78 Å². The molecule has 1 heterocycles. The molecule has 0 saturated carbocycles. The molecule has 0 spiro atoms. The van der Waals surface area contributed by atoms with Gasteiger partial charge >= 0.3 is 0 Å². The molecule has 2 aromatic carbocycles. The first-order chi connectivity index (χ1) is 14.1. The highest BCUT2D eigenvalue weighted by molar-refractivity contribution is 5.79. The Balaban J connectivity index is 1.55. The maximum Gasteiger partial charge on any atom is 0.224 e. The van der Waals surface area contributed by atoms with Crippen LogP contribution >= 0.6 is 0 Å². The second-order valence-corrected chi connectivity index (χ2v) is 6.26. The minimum atomic E-state index is -0.374. The first kappa shape index (κ1) is 20.3. The summed E-state index contributed by atoms with van der Waals surface area (Å²) >= 11 is 0. The topological polar surface area (TPSA) is 58.5 Å². The van der Waals surface area contributed by atoms with E-state index in [0.29, 0.717) is 37.1 Å². The third-order valence-corrected chi connectivity index (χ3v) is 4.13. The molecule has 0 aliphatic rings. The van der Waals surface area contributed by atoms with Crippen LogP contribution in [0.5, 0.6) is 11.6 Å². The fourth-order valence-corrected chi connectivity index (χ4v) is 2.71. The zero-order valence-corrected chi connectivity index (χ0v) is 16.0. The smallest absolute Gasteiger partial charge is 0.224 e. The monoisotopic (exact) mass is 396 g/mol. The molecule has 0 amide bonds. The third kappa shape index (κ3) is 6.27. The normalized spacial score (nSPS) is 11.2. The molecular formula is C22H22F2N4O. The van der Waals surface area contributed by atoms with Crippen LogP contribution in [0.3, 0.4) is 0 Å². The molecule has 0 aliphatic carbocycles. The Morgan fingerprint density at radius 1 is 1.00 bits per heavy atom. The van der Waals surface area contributed by atoms with E-state index in [1.165, 1.54) is 24.3 Å². The largest absolute Gasteiger partial charge is 0.439 e. The van der Waals surface area contributed by atoms with Gasteiger partial charge in [-0.2, -0.15) is 0 Å². The number of pyridine rings is 1. The highest BCUT2D eigenvalue weighted by Gasteiger charge is 2.08. The van der Waals surface area contributed by atoms with Crippen LogP contribution in [-0.2, 0) is 13.0 Å². The second-order valence-electron chi connectivity index (χ2n) is 6.26. The molecule has 3 aromatic rings. The Hall–Kier alpha value is -3.48. The molecule has 0 radical (unpaired) electrons. The predicted molar refractivity (Wildman–Crippen MR) is 109 cm³/mol. The minimum absolute atomic E-state index is 0.243. The number of ether oxygens (including phenoxy) is 1. The van der Waals surface area contributed by atoms with Crippen LogP contribution in [0.1, 0.15) is 11.1 Å². The van der Waals surface area contributed by atoms with Gasteiger partial charge in [-0.15, -0.1) is 0 Å². The minimum Gasteiger partial charge on any atom is -0.439 e. The molecule has 7 heteroatoms. The molecule has 0 unspecified atom stereocenters. The number of nitrogens with zero attached hydrogens (tertiary/aromatic N) is 2. The van der Waals surface area contributed by atoms with Crippen LogP contribution in [-0.4, -0.2) is 24.5 Å². The Kier molecular flexibility index (Phi) is 7.10. The number of benzene rings is 2. The van der Waals surface area contributed by atoms with Crippen molar-refractivity contribution in [1.29, 1.82) is 0 Å². The van der Waals surface area contributed by atoms with E-state index >= 15 is 0 Å². The lowest BCUT2D eigenvalue weighted by Gasteiger charge is -2.14. The van der Waals surface area contributed by atoms with Gasteiger partial charge in [0.15, 0.2) is 5.96 Å². The molecule has 3 rings (SSSR count). The van der Waals surface area contributed by atoms with Crippen molar-refractivity contribution < 1.29 is 13.5 Å². The Morgan fingerprint density at radius 3 is 2.55 bits per heavy atom. The molecule has 0 fully saturated rings. The maximum atomic E-state index is 13.4. The van der Waals surface area contributed by atoms with E-state index in [4.69, 9.17) is 4.74 Å². The third-order valence-electron chi connectivity index (χ3n) is 4.13. The Labute approximate surface area is 168 Å². The van der Waals surface area contributed by atoms with Crippen molar-refractivity contribution in [3.8, 4) is 11.6 Å². The summed E-state index contributed by atoms with van der Waals surface area (Å²) in [5.41, 5.74) is 1.70. The summed E-state index contributed by atoms with van der Waals surface area (Å²) in [5.74, 6) is 0.749. The first-order valence-corrected chi connectivity index (χ1v) is 9.20. The Bertz CT molecular complexity index is 978. The number of nitrogens with one attached hydrogen (secondary N) is 2. The van der Waals surface area contributed by atoms with E-state index in [1.54, 1.807) is 37.5 Å². The Morgan fingerprint density at radius 2 is 1.79 bits per heavy atom. The summed E-state index contributed by atoms with van der Waals surface area (Å²) in [6, 6.07) is 16.1. The molecule has 29 heavy (non-hydrogen) atoms. The zero-order valence-electron chi connectivity index (χ0n) is 16.0. The van der Waals surface area contributed by atoms with Gasteiger partial charge in [-0.3, -0.25) is 4.99 Å². The van der Waals surface area contributed by atoms with E-state index in [-0.39, 0.29) is 11.6 Å². The molecule has 0 atom stereocenters. The maximum absolute atomic E-state index is 13.4. The SMILES string of the molecule is CN=C(NCCc1cccc(F)c1)NCc1cccnc1Oc1cccc(F)c1. The lowest BCUT2D eigenvalue weighted by molar-refractivity contribution is 0.450. The molecule has 0 bridgehead atoms. The van der Waals surface area contributed by atoms with E-state index in [0.717, 1.165) is 11.1 Å². The molecule has 5 nitrogen and oxygen atoms in total. The fourth-order valence-electron chi connectivity index (χ4n) is 2.71. The van der Waals surface area contributed by atoms with E-state index < -0.39 is 0 Å². The van der Waals surface area contributed by atoms with Gasteiger partial charge in [-0.25, -0.2) is 13.8 Å². The van der Waals surface area contributed by atoms with E-state index in [1.807, 2.05) is 12.1 Å². The number of aromatic nitrogens is 1. The van der Waals surface area contributed by atoms with Crippen LogP contribution in [0.4, 0.5) is 8.78 Å². The van der Waals surface area contributed by atoms with Crippen molar-refractivity contribution in [2.45, 2.75) is 13.0 Å². The van der Waals surface area contributed by atoms with Gasteiger partial charge in [0.05, 0.1) is 0 Å². The quantitative estimate of drug-likeness (QED) is 0.467. The van der Waals surface area contributed by atoms with Gasteiger partial charge in [0.2, 0.25) is 5.88 Å². The van der Waals surface area contributed by atoms with Crippen molar-refractivity contribution in [2.75, 3.05) is 13.6 Å². The van der Waals surface area contributed by atoms with Crippen LogP contribution in [0.2, 0.25) is 0 Å². The predicted octanol–water partition coefficient (Wildman–Crippen LogP) is 4.06. The van der Waals surface area contributed by atoms with Gasteiger partial charge in [-0.05, 0) is 42.3 Å². The highest BCUT2D eigenvalue weighted by atomic mass is 19.1. The zero-order chi connectivity index (χ0) is 20.5.